The van der Waals surface area contributed by atoms with Crippen LogP contribution in [0.25, 0.3) is 0 Å². The fourth-order valence-electron chi connectivity index (χ4n) is 1.28. The lowest BCUT2D eigenvalue weighted by Crippen LogP contribution is -2.25. The van der Waals surface area contributed by atoms with Crippen LogP contribution in [0.15, 0.2) is 27.6 Å². The number of rotatable bonds is 4. The van der Waals surface area contributed by atoms with Gasteiger partial charge in [-0.3, -0.25) is 4.79 Å². The Morgan fingerprint density at radius 3 is 2.61 bits per heavy atom. The summed E-state index contributed by atoms with van der Waals surface area (Å²) < 4.78 is 36.4. The highest BCUT2D eigenvalue weighted by Gasteiger charge is 2.26. The molecule has 100 valence electrons. The molecular formula is C11H11BrF3NOS. The van der Waals surface area contributed by atoms with E-state index in [-0.39, 0.29) is 13.0 Å². The van der Waals surface area contributed by atoms with Gasteiger partial charge in [0.2, 0.25) is 0 Å². The largest absolute Gasteiger partial charge is 0.389 e. The third-order valence-electron chi connectivity index (χ3n) is 2.13. The topological polar surface area (TPSA) is 29.1 Å². The molecule has 0 aliphatic rings. The SMILES string of the molecule is O=C(NCCCC(F)(F)F)c1ccc(Br)cc1S. The van der Waals surface area contributed by atoms with Crippen molar-refractivity contribution in [1.82, 2.24) is 5.32 Å². The first kappa shape index (κ1) is 15.4. The predicted molar refractivity (Wildman–Crippen MR) is 69.0 cm³/mol. The van der Waals surface area contributed by atoms with Crippen molar-refractivity contribution in [2.75, 3.05) is 6.54 Å². The smallest absolute Gasteiger partial charge is 0.352 e. The van der Waals surface area contributed by atoms with Gasteiger partial charge < -0.3 is 5.32 Å². The van der Waals surface area contributed by atoms with Gasteiger partial charge in [-0.1, -0.05) is 15.9 Å². The zero-order valence-electron chi connectivity index (χ0n) is 9.22. The molecule has 1 aromatic rings. The second kappa shape index (κ2) is 6.47. The predicted octanol–water partition coefficient (Wildman–Crippen LogP) is 3.81. The van der Waals surface area contributed by atoms with E-state index in [1.807, 2.05) is 0 Å². The fraction of sp³-hybridized carbons (Fsp3) is 0.364. The Hall–Kier alpha value is -0.690. The molecule has 0 unspecified atom stereocenters. The van der Waals surface area contributed by atoms with Gasteiger partial charge >= 0.3 is 6.18 Å². The third kappa shape index (κ3) is 5.30. The number of alkyl halides is 3. The molecule has 0 aliphatic heterocycles. The first-order valence-corrected chi connectivity index (χ1v) is 6.37. The summed E-state index contributed by atoms with van der Waals surface area (Å²) in [6, 6.07) is 4.88. The van der Waals surface area contributed by atoms with Crippen LogP contribution in [0.4, 0.5) is 13.2 Å². The number of thiol groups is 1. The van der Waals surface area contributed by atoms with Crippen molar-refractivity contribution in [3.8, 4) is 0 Å². The van der Waals surface area contributed by atoms with Crippen LogP contribution in [-0.4, -0.2) is 18.6 Å². The molecule has 0 saturated heterocycles. The summed E-state index contributed by atoms with van der Waals surface area (Å²) >= 11 is 7.35. The summed E-state index contributed by atoms with van der Waals surface area (Å²) in [5.41, 5.74) is 0.341. The van der Waals surface area contributed by atoms with Crippen LogP contribution >= 0.6 is 28.6 Å². The van der Waals surface area contributed by atoms with Crippen molar-refractivity contribution in [3.05, 3.63) is 28.2 Å². The average Bonchev–Trinajstić information content (AvgIpc) is 2.22. The van der Waals surface area contributed by atoms with Crippen LogP contribution < -0.4 is 5.32 Å². The number of benzene rings is 1. The van der Waals surface area contributed by atoms with Gasteiger partial charge in [0.15, 0.2) is 0 Å². The second-order valence-corrected chi connectivity index (χ2v) is 5.03. The molecule has 2 nitrogen and oxygen atoms in total. The highest BCUT2D eigenvalue weighted by atomic mass is 79.9. The van der Waals surface area contributed by atoms with Gasteiger partial charge in [0.1, 0.15) is 0 Å². The summed E-state index contributed by atoms with van der Waals surface area (Å²) in [7, 11) is 0. The Labute approximate surface area is 116 Å². The molecule has 0 aromatic heterocycles. The summed E-state index contributed by atoms with van der Waals surface area (Å²) in [5, 5.41) is 2.43. The molecule has 1 amide bonds. The molecule has 1 N–H and O–H groups in total. The maximum absolute atomic E-state index is 11.9. The Morgan fingerprint density at radius 2 is 2.06 bits per heavy atom. The van der Waals surface area contributed by atoms with E-state index in [0.717, 1.165) is 4.47 Å². The van der Waals surface area contributed by atoms with Crippen molar-refractivity contribution >= 4 is 34.5 Å². The molecule has 7 heteroatoms. The minimum Gasteiger partial charge on any atom is -0.352 e. The molecule has 1 aromatic carbocycles. The zero-order valence-corrected chi connectivity index (χ0v) is 11.7. The molecule has 0 atom stereocenters. The van der Waals surface area contributed by atoms with Crippen molar-refractivity contribution < 1.29 is 18.0 Å². The van der Waals surface area contributed by atoms with Crippen molar-refractivity contribution in [2.24, 2.45) is 0 Å². The molecule has 0 heterocycles. The van der Waals surface area contributed by atoms with E-state index in [9.17, 15) is 18.0 Å². The maximum atomic E-state index is 11.9. The summed E-state index contributed by atoms with van der Waals surface area (Å²) in [5.74, 6) is -0.422. The Kier molecular flexibility index (Phi) is 5.52. The number of carbonyl (C=O) groups excluding carboxylic acids is 1. The van der Waals surface area contributed by atoms with Gasteiger partial charge in [-0.05, 0) is 24.6 Å². The van der Waals surface area contributed by atoms with Gasteiger partial charge in [0, 0.05) is 22.3 Å². The van der Waals surface area contributed by atoms with Gasteiger partial charge in [-0.15, -0.1) is 12.6 Å². The summed E-state index contributed by atoms with van der Waals surface area (Å²) in [6.45, 7) is -0.0123. The zero-order chi connectivity index (χ0) is 13.8. The van der Waals surface area contributed by atoms with Crippen molar-refractivity contribution in [2.45, 2.75) is 23.9 Å². The lowest BCUT2D eigenvalue weighted by molar-refractivity contribution is -0.135. The molecule has 18 heavy (non-hydrogen) atoms. The van der Waals surface area contributed by atoms with Gasteiger partial charge in [0.05, 0.1) is 5.56 Å². The number of nitrogens with one attached hydrogen (secondary N) is 1. The van der Waals surface area contributed by atoms with Crippen LogP contribution in [-0.2, 0) is 0 Å². The number of amides is 1. The molecule has 0 fully saturated rings. The maximum Gasteiger partial charge on any atom is 0.389 e. The fourth-order valence-corrected chi connectivity index (χ4v) is 2.14. The number of hydrogen-bond donors (Lipinski definition) is 2. The van der Waals surface area contributed by atoms with E-state index in [1.54, 1.807) is 18.2 Å². The molecule has 0 aliphatic carbocycles. The van der Waals surface area contributed by atoms with Crippen LogP contribution in [0.5, 0.6) is 0 Å². The monoisotopic (exact) mass is 341 g/mol. The Morgan fingerprint density at radius 1 is 1.39 bits per heavy atom. The van der Waals surface area contributed by atoms with Gasteiger partial charge in [0.25, 0.3) is 5.91 Å². The molecule has 0 spiro atoms. The van der Waals surface area contributed by atoms with Crippen LogP contribution in [0.2, 0.25) is 0 Å². The molecule has 0 radical (unpaired) electrons. The quantitative estimate of drug-likeness (QED) is 0.632. The molecule has 0 saturated carbocycles. The Balaban J connectivity index is 2.46. The van der Waals surface area contributed by atoms with Crippen molar-refractivity contribution in [1.29, 1.82) is 0 Å². The van der Waals surface area contributed by atoms with Crippen molar-refractivity contribution in [3.63, 3.8) is 0 Å². The highest BCUT2D eigenvalue weighted by molar-refractivity contribution is 9.10. The van der Waals surface area contributed by atoms with E-state index in [4.69, 9.17) is 0 Å². The number of carbonyl (C=O) groups is 1. The first-order chi connectivity index (χ1) is 8.29. The lowest BCUT2D eigenvalue weighted by atomic mass is 10.2. The van der Waals surface area contributed by atoms with Crippen LogP contribution in [0.3, 0.4) is 0 Å². The first-order valence-electron chi connectivity index (χ1n) is 5.13. The van der Waals surface area contributed by atoms with E-state index in [0.29, 0.717) is 10.5 Å². The summed E-state index contributed by atoms with van der Waals surface area (Å²) in [6.07, 6.45) is -5.22. The van der Waals surface area contributed by atoms with Crippen LogP contribution in [0, 0.1) is 0 Å². The summed E-state index contributed by atoms with van der Waals surface area (Å²) in [4.78, 5) is 12.1. The third-order valence-corrected chi connectivity index (χ3v) is 2.99. The highest BCUT2D eigenvalue weighted by Crippen LogP contribution is 2.21. The van der Waals surface area contributed by atoms with Crippen LogP contribution in [0.1, 0.15) is 23.2 Å². The minimum atomic E-state index is -4.18. The van der Waals surface area contributed by atoms with E-state index >= 15 is 0 Å². The van der Waals surface area contributed by atoms with E-state index in [2.05, 4.69) is 33.9 Å². The van der Waals surface area contributed by atoms with E-state index < -0.39 is 18.5 Å². The van der Waals surface area contributed by atoms with Gasteiger partial charge in [-0.2, -0.15) is 13.2 Å². The minimum absolute atomic E-state index is 0.0123. The number of halogens is 4. The average molecular weight is 342 g/mol. The lowest BCUT2D eigenvalue weighted by Gasteiger charge is -2.09. The van der Waals surface area contributed by atoms with E-state index in [1.165, 1.54) is 0 Å². The normalized spacial score (nSPS) is 11.4. The van der Waals surface area contributed by atoms with Gasteiger partial charge in [-0.25, -0.2) is 0 Å². The molecular weight excluding hydrogens is 331 g/mol. The Bertz CT molecular complexity index is 437. The second-order valence-electron chi connectivity index (χ2n) is 3.64. The molecule has 1 rings (SSSR count). The standard InChI is InChI=1S/C11H11BrF3NOS/c12-7-2-3-8(9(18)6-7)10(17)16-5-1-4-11(13,14)15/h2-3,6,18H,1,4-5H2,(H,16,17). The molecule has 0 bridgehead atoms. The number of hydrogen-bond acceptors (Lipinski definition) is 2.